The molecule has 3 N–H and O–H groups in total. The summed E-state index contributed by atoms with van der Waals surface area (Å²) in [4.78, 5) is 44.0. The molecule has 0 aliphatic carbocycles. The van der Waals surface area contributed by atoms with Gasteiger partial charge >= 0.3 is 0 Å². The Hall–Kier alpha value is -1.62. The van der Waals surface area contributed by atoms with Crippen LogP contribution in [0.2, 0.25) is 0 Å². The van der Waals surface area contributed by atoms with Crippen molar-refractivity contribution in [1.29, 1.82) is 0 Å². The van der Waals surface area contributed by atoms with E-state index in [1.165, 1.54) is 0 Å². The topological polar surface area (TPSA) is 186 Å². The minimum atomic E-state index is 0. The molecule has 0 rings (SSSR count). The van der Waals surface area contributed by atoms with Crippen LogP contribution in [0.1, 0.15) is 14.9 Å². The maximum atomic E-state index is 8.25. The number of aliphatic hydroxyl groups is 3. The number of hydrogen-bond acceptors (Lipinski definition) is 10. The lowest BCUT2D eigenvalue weighted by molar-refractivity contribution is -0.325. The first-order valence-corrected chi connectivity index (χ1v) is 2.66. The van der Waals surface area contributed by atoms with Crippen LogP contribution in [-0.4, -0.2) is 57.3 Å². The molecular weight excluding hydrogens is 256 g/mol. The van der Waals surface area contributed by atoms with E-state index in [0.717, 1.165) is 28.4 Å². The van der Waals surface area contributed by atoms with E-state index >= 15 is 0 Å². The average Bonchev–Trinajstić information content (AvgIpc) is 2.54. The second-order valence-electron chi connectivity index (χ2n) is 0. The van der Waals surface area contributed by atoms with Gasteiger partial charge in [0.2, 0.25) is 0 Å². The van der Waals surface area contributed by atoms with E-state index in [9.17, 15) is 0 Å². The van der Waals surface area contributed by atoms with Crippen LogP contribution in [0.3, 0.4) is 0 Å². The lowest BCUT2D eigenvalue weighted by Gasteiger charge is -1.57. The Morgan fingerprint density at radius 2 is 0.556 bits per heavy atom. The Morgan fingerprint density at radius 3 is 0.556 bits per heavy atom. The summed E-state index contributed by atoms with van der Waals surface area (Å²) in [6, 6.07) is 0. The summed E-state index contributed by atoms with van der Waals surface area (Å²) in [7, 11) is 3.75. The van der Waals surface area contributed by atoms with Gasteiger partial charge in [-0.05, 0) is 0 Å². The molecule has 0 fully saturated rings. The molecule has 0 bridgehead atoms. The van der Waals surface area contributed by atoms with Crippen LogP contribution in [0, 0.1) is 19.9 Å². The van der Waals surface area contributed by atoms with E-state index in [1.54, 1.807) is 0 Å². The van der Waals surface area contributed by atoms with Crippen LogP contribution < -0.4 is 5.11 Å². The highest BCUT2D eigenvalue weighted by Gasteiger charge is 0.843. The van der Waals surface area contributed by atoms with Gasteiger partial charge in [0, 0.05) is 41.2 Å². The Balaban J connectivity index is -0.00000000500. The number of aliphatic hydroxyl groups excluding tert-OH is 3. The predicted octanol–water partition coefficient (Wildman–Crippen LogP) is -1.16. The normalized spacial score (nSPS) is 2.22. The van der Waals surface area contributed by atoms with Crippen LogP contribution in [0.15, 0.2) is 0 Å². The summed E-state index contributed by atoms with van der Waals surface area (Å²) in [6.07, 6.45) is 0. The van der Waals surface area contributed by atoms with Crippen molar-refractivity contribution >= 4 is 13.6 Å². The number of carbonyl (C=O) groups is 2. The highest BCUT2D eigenvalue weighted by molar-refractivity contribution is 5.11. The van der Waals surface area contributed by atoms with E-state index in [4.69, 9.17) is 49.9 Å². The first kappa shape index (κ1) is 95.2. The van der Waals surface area contributed by atoms with Gasteiger partial charge in [-0.1, -0.05) is 14.9 Å². The Labute approximate surface area is 108 Å². The van der Waals surface area contributed by atoms with Gasteiger partial charge in [-0.15, -0.1) is 0 Å². The summed E-state index contributed by atoms with van der Waals surface area (Å²) in [5.41, 5.74) is 0. The summed E-state index contributed by atoms with van der Waals surface area (Å²) in [5.74, 6) is 0. The van der Waals surface area contributed by atoms with Gasteiger partial charge < -0.3 is 30.0 Å². The van der Waals surface area contributed by atoms with Crippen LogP contribution in [0.25, 0.3) is 0 Å². The summed E-state index contributed by atoms with van der Waals surface area (Å²) in [5, 5.41) is 29.2. The fourth-order valence-electron chi connectivity index (χ4n) is 0. The Bertz CT molecular complexity index is 25.8. The quantitative estimate of drug-likeness (QED) is 0.489. The van der Waals surface area contributed by atoms with Gasteiger partial charge in [0.05, 0.1) is 0 Å². The van der Waals surface area contributed by atoms with Crippen molar-refractivity contribution in [3.05, 3.63) is 19.9 Å². The van der Waals surface area contributed by atoms with Crippen molar-refractivity contribution in [2.75, 3.05) is 28.4 Å². The maximum Gasteiger partial charge on any atom is 0.106 e. The molecular formula is C8H27O10-. The first-order chi connectivity index (χ1) is 8.00. The Kier molecular flexibility index (Phi) is 6410. The van der Waals surface area contributed by atoms with Gasteiger partial charge in [-0.2, -0.15) is 7.11 Å². The van der Waals surface area contributed by atoms with Crippen LogP contribution in [0.4, 0.5) is 0 Å². The van der Waals surface area contributed by atoms with Gasteiger partial charge in [0.15, 0.2) is 0 Å². The monoisotopic (exact) mass is 283 g/mol. The number of hydrogen-bond donors (Lipinski definition) is 3. The third-order valence-electron chi connectivity index (χ3n) is 0. The lowest BCUT2D eigenvalue weighted by Crippen LogP contribution is -1.81. The number of carbonyl (C=O) groups excluding carboxylic acids is 2. The fraction of sp³-hybridized carbons (Fsp3) is 0.750. The van der Waals surface area contributed by atoms with Crippen molar-refractivity contribution in [3.63, 3.8) is 0 Å². The van der Waals surface area contributed by atoms with Crippen molar-refractivity contribution in [2.45, 2.75) is 14.9 Å². The van der Waals surface area contributed by atoms with E-state index in [-0.39, 0.29) is 14.9 Å². The highest BCUT2D eigenvalue weighted by Crippen LogP contribution is 0.760. The molecule has 0 aliphatic heterocycles. The van der Waals surface area contributed by atoms with Crippen LogP contribution in [0.5, 0.6) is 0 Å². The molecule has 0 aliphatic rings. The van der Waals surface area contributed by atoms with Gasteiger partial charge in [-0.3, -0.25) is 0 Å². The molecule has 0 aromatic carbocycles. The summed E-state index contributed by atoms with van der Waals surface area (Å²) >= 11 is 0. The van der Waals surface area contributed by atoms with E-state index in [0.29, 0.717) is 0 Å². The molecule has 0 aromatic rings. The van der Waals surface area contributed by atoms with Crippen LogP contribution >= 0.6 is 0 Å². The second kappa shape index (κ2) is 1210. The zero-order chi connectivity index (χ0) is 16.0. The standard InChI is InChI=1S/3CH4O.CH3O.2CH2O.2CH4.2O2/c6*1-2;;;2*1-2/h3*2H,1H3;1H3;2*1H2;2*1H4;;/q;;;-1;;;;;;. The zero-order valence-corrected chi connectivity index (χ0v) is 9.61. The molecule has 120 valence electrons. The molecule has 0 atom stereocenters. The summed E-state index contributed by atoms with van der Waals surface area (Å²) < 4.78 is 0. The van der Waals surface area contributed by atoms with Gasteiger partial charge in [-0.25, -0.2) is 0 Å². The molecule has 18 heavy (non-hydrogen) atoms. The summed E-state index contributed by atoms with van der Waals surface area (Å²) in [6.45, 7) is 4.00. The molecule has 0 saturated heterocycles. The molecule has 10 heteroatoms. The molecule has 0 heterocycles. The molecule has 0 saturated carbocycles. The van der Waals surface area contributed by atoms with E-state index in [1.807, 2.05) is 13.6 Å². The SMILES string of the molecule is C.C.C=O.C=O.CO.CO.CO.C[O-].O=O.O=O. The van der Waals surface area contributed by atoms with Gasteiger partial charge in [0.1, 0.15) is 13.6 Å². The second-order valence-corrected chi connectivity index (χ2v) is 0. The van der Waals surface area contributed by atoms with E-state index in [2.05, 4.69) is 0 Å². The largest absolute Gasteiger partial charge is 0.857 e. The van der Waals surface area contributed by atoms with Crippen molar-refractivity contribution < 1.29 is 30.0 Å². The van der Waals surface area contributed by atoms with Crippen molar-refractivity contribution in [2.24, 2.45) is 0 Å². The number of rotatable bonds is 0. The fourth-order valence-corrected chi connectivity index (χ4v) is 0. The third kappa shape index (κ3) is 981. The Morgan fingerprint density at radius 1 is 0.556 bits per heavy atom. The maximum absolute atomic E-state index is 8.25. The molecule has 0 unspecified atom stereocenters. The minimum absolute atomic E-state index is 0. The highest BCUT2D eigenvalue weighted by atomic mass is 16.7. The first-order valence-electron chi connectivity index (χ1n) is 2.66. The van der Waals surface area contributed by atoms with E-state index < -0.39 is 0 Å². The minimum Gasteiger partial charge on any atom is -0.857 e. The van der Waals surface area contributed by atoms with Gasteiger partial charge in [0.25, 0.3) is 0 Å². The van der Waals surface area contributed by atoms with Crippen molar-refractivity contribution in [3.8, 4) is 0 Å². The van der Waals surface area contributed by atoms with Crippen LogP contribution in [-0.2, 0) is 9.59 Å². The molecule has 10 nitrogen and oxygen atoms in total. The van der Waals surface area contributed by atoms with Crippen molar-refractivity contribution in [1.82, 2.24) is 0 Å². The predicted molar refractivity (Wildman–Crippen MR) is 71.5 cm³/mol. The molecule has 0 radical (unpaired) electrons. The lowest BCUT2D eigenvalue weighted by atomic mass is 11.8. The molecule has 0 amide bonds. The zero-order valence-electron chi connectivity index (χ0n) is 9.61. The smallest absolute Gasteiger partial charge is 0.106 e. The average molecular weight is 283 g/mol. The third-order valence-corrected chi connectivity index (χ3v) is 0. The molecule has 0 aromatic heterocycles. The molecule has 0 spiro atoms.